The van der Waals surface area contributed by atoms with Crippen LogP contribution in [-0.2, 0) is 29.2 Å². The Balaban J connectivity index is 1.46. The van der Waals surface area contributed by atoms with E-state index in [1.165, 1.54) is 35.3 Å². The predicted molar refractivity (Wildman–Crippen MR) is 142 cm³/mol. The number of pyridine rings is 1. The van der Waals surface area contributed by atoms with E-state index in [1.54, 1.807) is 22.9 Å². The van der Waals surface area contributed by atoms with Gasteiger partial charge in [0.1, 0.15) is 11.5 Å². The van der Waals surface area contributed by atoms with E-state index >= 15 is 0 Å². The number of ketones is 1. The lowest BCUT2D eigenvalue weighted by molar-refractivity contribution is -0.137. The number of carbonyl (C=O) groups excluding carboxylic acids is 1. The molecule has 1 saturated heterocycles. The van der Waals surface area contributed by atoms with Crippen molar-refractivity contribution >= 4 is 21.9 Å². The van der Waals surface area contributed by atoms with Gasteiger partial charge in [0, 0.05) is 32.0 Å². The number of benzene rings is 1. The third-order valence-electron chi connectivity index (χ3n) is 7.75. The van der Waals surface area contributed by atoms with Crippen LogP contribution >= 0.6 is 0 Å². The number of sulfonamides is 1. The number of rotatable bonds is 6. The summed E-state index contributed by atoms with van der Waals surface area (Å²) in [4.78, 5) is 18.2. The molecule has 2 aliphatic rings. The normalized spacial score (nSPS) is 19.2. The van der Waals surface area contributed by atoms with Crippen molar-refractivity contribution in [1.82, 2.24) is 28.9 Å². The number of aromatic nitrogens is 5. The van der Waals surface area contributed by atoms with Gasteiger partial charge in [0.2, 0.25) is 0 Å². The topological polar surface area (TPSA) is 103 Å². The molecule has 9 nitrogen and oxygen atoms in total. The molecule has 0 N–H and O–H groups in total. The fourth-order valence-corrected chi connectivity index (χ4v) is 7.00. The molecule has 218 valence electrons. The van der Waals surface area contributed by atoms with Crippen molar-refractivity contribution in [2.45, 2.75) is 37.5 Å². The average Bonchev–Trinajstić information content (AvgIpc) is 3.63. The van der Waals surface area contributed by atoms with Crippen molar-refractivity contribution in [2.75, 3.05) is 13.1 Å². The van der Waals surface area contributed by atoms with Gasteiger partial charge in [-0.05, 0) is 73.9 Å². The highest BCUT2D eigenvalue weighted by Gasteiger charge is 2.52. The van der Waals surface area contributed by atoms with Crippen molar-refractivity contribution < 1.29 is 30.8 Å². The summed E-state index contributed by atoms with van der Waals surface area (Å²) in [6, 6.07) is 8.52. The minimum atomic E-state index is -4.70. The number of Topliss-reactive ketones (excluding diaryl/α,β-unsaturated/α-hetero) is 1. The molecule has 0 saturated carbocycles. The molecular weight excluding hydrogens is 576 g/mol. The molecule has 3 aromatic heterocycles. The summed E-state index contributed by atoms with van der Waals surface area (Å²) >= 11 is 0. The monoisotopic (exact) mass is 600 g/mol. The fraction of sp³-hybridized carbons (Fsp3) is 0.286. The zero-order valence-corrected chi connectivity index (χ0v) is 23.0. The standard InChI is InChI=1S/C28H24F4N6O3S/c1-2-36-11-9-25(35-36)42(40,41)37-12-8-19-14-24-18(16-34-38(24)22-5-3-21(29)4-6-22)15-27(19,17-37)26(39)23-13-20(7-10-33-23)28(30,31)32/h3-7,9-11,13-14,16H,2,8,12,15,17H2,1H3/t27-/m0/s1. The van der Waals surface area contributed by atoms with Gasteiger partial charge in [0.25, 0.3) is 10.0 Å². The van der Waals surface area contributed by atoms with Gasteiger partial charge in [0.15, 0.2) is 10.8 Å². The molecule has 1 aliphatic heterocycles. The fourth-order valence-electron chi connectivity index (χ4n) is 5.57. The van der Waals surface area contributed by atoms with Gasteiger partial charge in [-0.15, -0.1) is 0 Å². The van der Waals surface area contributed by atoms with Crippen molar-refractivity contribution in [2.24, 2.45) is 5.41 Å². The number of carbonyl (C=O) groups is 1. The number of hydrogen-bond acceptors (Lipinski definition) is 6. The van der Waals surface area contributed by atoms with Crippen molar-refractivity contribution in [3.8, 4) is 5.69 Å². The predicted octanol–water partition coefficient (Wildman–Crippen LogP) is 4.55. The Labute approximate surface area is 238 Å². The third-order valence-corrected chi connectivity index (χ3v) is 9.49. The summed E-state index contributed by atoms with van der Waals surface area (Å²) in [5.41, 5.74) is -0.672. The first-order chi connectivity index (χ1) is 19.9. The summed E-state index contributed by atoms with van der Waals surface area (Å²) in [5.74, 6) is -1.15. The summed E-state index contributed by atoms with van der Waals surface area (Å²) in [7, 11) is -4.14. The number of aryl methyl sites for hydroxylation is 1. The highest BCUT2D eigenvalue weighted by molar-refractivity contribution is 7.89. The van der Waals surface area contributed by atoms with E-state index in [0.29, 0.717) is 35.1 Å². The van der Waals surface area contributed by atoms with Gasteiger partial charge < -0.3 is 0 Å². The molecule has 1 aromatic carbocycles. The highest BCUT2D eigenvalue weighted by Crippen LogP contribution is 2.47. The summed E-state index contributed by atoms with van der Waals surface area (Å²) < 4.78 is 85.7. The van der Waals surface area contributed by atoms with Crippen LogP contribution in [0.2, 0.25) is 0 Å². The summed E-state index contributed by atoms with van der Waals surface area (Å²) in [6.45, 7) is 1.96. The molecule has 14 heteroatoms. The van der Waals surface area contributed by atoms with Gasteiger partial charge in [0.05, 0.1) is 28.6 Å². The number of hydrogen-bond donors (Lipinski definition) is 0. The molecule has 1 aliphatic carbocycles. The molecule has 0 spiro atoms. The molecular formula is C28H24F4N6O3S. The molecule has 6 rings (SSSR count). The zero-order chi connectivity index (χ0) is 29.9. The Morgan fingerprint density at radius 3 is 2.57 bits per heavy atom. The van der Waals surface area contributed by atoms with Crippen molar-refractivity contribution in [3.05, 3.63) is 95.0 Å². The SMILES string of the molecule is CCn1ccc(S(=O)(=O)N2CCC3=Cc4c(cnn4-c4ccc(F)cc4)C[C@]3(C(=O)c3cc(C(F)(F)F)ccn3)C2)n1. The van der Waals surface area contributed by atoms with Crippen LogP contribution in [0.1, 0.15) is 40.7 Å². The highest BCUT2D eigenvalue weighted by atomic mass is 32.2. The molecule has 1 fully saturated rings. The number of fused-ring (bicyclic) bond motifs is 2. The van der Waals surface area contributed by atoms with Crippen molar-refractivity contribution in [3.63, 3.8) is 0 Å². The zero-order valence-electron chi connectivity index (χ0n) is 22.2. The lowest BCUT2D eigenvalue weighted by Gasteiger charge is -2.44. The molecule has 4 aromatic rings. The van der Waals surface area contributed by atoms with E-state index in [0.717, 1.165) is 16.6 Å². The Kier molecular flexibility index (Phi) is 6.65. The Bertz CT molecular complexity index is 1830. The molecule has 1 atom stereocenters. The van der Waals surface area contributed by atoms with Gasteiger partial charge in [-0.25, -0.2) is 17.5 Å². The number of halogens is 4. The molecule has 0 amide bonds. The number of piperidine rings is 1. The quantitative estimate of drug-likeness (QED) is 0.238. The van der Waals surface area contributed by atoms with Crippen LogP contribution in [0.4, 0.5) is 17.6 Å². The molecule has 4 heterocycles. The van der Waals surface area contributed by atoms with E-state index in [1.807, 2.05) is 6.92 Å². The second-order valence-corrected chi connectivity index (χ2v) is 12.1. The third kappa shape index (κ3) is 4.64. The van der Waals surface area contributed by atoms with E-state index < -0.39 is 44.5 Å². The largest absolute Gasteiger partial charge is 0.416 e. The van der Waals surface area contributed by atoms with E-state index in [-0.39, 0.29) is 31.0 Å². The van der Waals surface area contributed by atoms with E-state index in [4.69, 9.17) is 0 Å². The molecule has 0 bridgehead atoms. The van der Waals surface area contributed by atoms with E-state index in [2.05, 4.69) is 15.2 Å². The first-order valence-corrected chi connectivity index (χ1v) is 14.5. The van der Waals surface area contributed by atoms with Crippen LogP contribution in [0.15, 0.2) is 71.7 Å². The van der Waals surface area contributed by atoms with Crippen LogP contribution in [0, 0.1) is 11.2 Å². The Morgan fingerprint density at radius 1 is 1.12 bits per heavy atom. The van der Waals surface area contributed by atoms with E-state index in [9.17, 15) is 30.8 Å². The summed E-state index contributed by atoms with van der Waals surface area (Å²) in [6.07, 6.45) is 1.11. The minimum absolute atomic E-state index is 0.0260. The van der Waals surface area contributed by atoms with Gasteiger partial charge in [-0.2, -0.15) is 27.7 Å². The lowest BCUT2D eigenvalue weighted by atomic mass is 9.65. The first-order valence-electron chi connectivity index (χ1n) is 13.1. The van der Waals surface area contributed by atoms with Crippen molar-refractivity contribution in [1.29, 1.82) is 0 Å². The van der Waals surface area contributed by atoms with Gasteiger partial charge in [-0.3, -0.25) is 14.5 Å². The van der Waals surface area contributed by atoms with Crippen LogP contribution in [0.3, 0.4) is 0 Å². The smallest absolute Gasteiger partial charge is 0.291 e. The maximum atomic E-state index is 14.2. The van der Waals surface area contributed by atoms with Gasteiger partial charge >= 0.3 is 6.18 Å². The first kappa shape index (κ1) is 28.0. The molecule has 42 heavy (non-hydrogen) atoms. The van der Waals surface area contributed by atoms with Crippen LogP contribution in [0.25, 0.3) is 11.8 Å². The van der Waals surface area contributed by atoms with Crippen LogP contribution in [-0.4, -0.2) is 56.1 Å². The Morgan fingerprint density at radius 2 is 1.88 bits per heavy atom. The maximum Gasteiger partial charge on any atom is 0.416 e. The van der Waals surface area contributed by atoms with Crippen LogP contribution < -0.4 is 0 Å². The average molecular weight is 601 g/mol. The Hall–Kier alpha value is -4.17. The number of nitrogens with zero attached hydrogens (tertiary/aromatic N) is 6. The maximum absolute atomic E-state index is 14.2. The number of alkyl halides is 3. The molecule has 0 radical (unpaired) electrons. The molecule has 0 unspecified atom stereocenters. The van der Waals surface area contributed by atoms with Gasteiger partial charge in [-0.1, -0.05) is 5.57 Å². The van der Waals surface area contributed by atoms with Crippen LogP contribution in [0.5, 0.6) is 0 Å². The second kappa shape index (κ2) is 9.98. The lowest BCUT2D eigenvalue weighted by Crippen LogP contribution is -2.53. The minimum Gasteiger partial charge on any atom is -0.291 e. The second-order valence-electron chi connectivity index (χ2n) is 10.2. The summed E-state index contributed by atoms with van der Waals surface area (Å²) in [5, 5.41) is 8.37.